The topological polar surface area (TPSA) is 98.8 Å². The molecule has 0 unspecified atom stereocenters. The lowest BCUT2D eigenvalue weighted by Gasteiger charge is -2.05. The van der Waals surface area contributed by atoms with Crippen molar-refractivity contribution in [3.05, 3.63) is 58.5 Å². The van der Waals surface area contributed by atoms with Crippen molar-refractivity contribution in [3.63, 3.8) is 0 Å². The van der Waals surface area contributed by atoms with Gasteiger partial charge in [-0.25, -0.2) is 0 Å². The van der Waals surface area contributed by atoms with E-state index in [-0.39, 0.29) is 0 Å². The maximum Gasteiger partial charge on any atom is 0.673 e. The molecule has 2 aromatic rings. The standard InChI is InChI=1S/2C11H16N3O.2BF4/c2*1-2-13-8-3-9-15-11-6-4-10(14-12)5-7-11;2*2-1(3,4)5/h2*4-7,13H,2-3,8-9H2,1H3;;/q2*+1;2*-1. The molecule has 0 saturated carbocycles. The molecule has 0 radical (unpaired) electrons. The van der Waals surface area contributed by atoms with Gasteiger partial charge >= 0.3 is 25.9 Å². The molecule has 2 aromatic carbocycles. The second-order valence-electron chi connectivity index (χ2n) is 7.29. The molecular formula is C22H32B2F8N6O2. The molecule has 0 bridgehead atoms. The van der Waals surface area contributed by atoms with E-state index in [0.717, 1.165) is 50.5 Å². The second-order valence-corrected chi connectivity index (χ2v) is 7.29. The minimum Gasteiger partial charge on any atom is -0.494 e. The summed E-state index contributed by atoms with van der Waals surface area (Å²) in [6, 6.07) is 14.0. The summed E-state index contributed by atoms with van der Waals surface area (Å²) < 4.78 is 89.0. The normalized spacial score (nSPS) is 10.2. The minimum atomic E-state index is -6.00. The van der Waals surface area contributed by atoms with Crippen molar-refractivity contribution in [1.29, 1.82) is 10.8 Å². The Balaban J connectivity index is 0. The predicted molar refractivity (Wildman–Crippen MR) is 140 cm³/mol. The molecule has 0 amide bonds. The molecule has 8 nitrogen and oxygen atoms in total. The molecule has 224 valence electrons. The molecule has 2 N–H and O–H groups in total. The van der Waals surface area contributed by atoms with Crippen molar-refractivity contribution in [2.75, 3.05) is 39.4 Å². The van der Waals surface area contributed by atoms with Gasteiger partial charge in [0.25, 0.3) is 0 Å². The number of diazo groups is 2. The highest BCUT2D eigenvalue weighted by molar-refractivity contribution is 6.50. The Hall–Kier alpha value is -3.63. The highest BCUT2D eigenvalue weighted by Gasteiger charge is 2.21. The van der Waals surface area contributed by atoms with Gasteiger partial charge in [-0.05, 0) is 63.3 Å². The molecule has 40 heavy (non-hydrogen) atoms. The Kier molecular flexibility index (Phi) is 22.4. The van der Waals surface area contributed by atoms with Crippen molar-refractivity contribution < 1.29 is 44.0 Å². The van der Waals surface area contributed by atoms with Crippen LogP contribution in [0.2, 0.25) is 0 Å². The number of benzene rings is 2. The number of hydrogen-bond acceptors (Lipinski definition) is 6. The van der Waals surface area contributed by atoms with Crippen LogP contribution in [0.3, 0.4) is 0 Å². The van der Waals surface area contributed by atoms with Crippen LogP contribution in [-0.4, -0.2) is 53.9 Å². The van der Waals surface area contributed by atoms with E-state index in [2.05, 4.69) is 34.4 Å². The van der Waals surface area contributed by atoms with Crippen LogP contribution in [0.1, 0.15) is 26.7 Å². The highest BCUT2D eigenvalue weighted by atomic mass is 19.5. The molecule has 18 heteroatoms. The third kappa shape index (κ3) is 32.4. The van der Waals surface area contributed by atoms with Gasteiger partial charge < -0.3 is 54.6 Å². The van der Waals surface area contributed by atoms with Gasteiger partial charge in [0, 0.05) is 24.3 Å². The van der Waals surface area contributed by atoms with E-state index in [4.69, 9.17) is 20.3 Å². The Morgan fingerprint density at radius 2 is 0.875 bits per heavy atom. The van der Waals surface area contributed by atoms with E-state index in [1.807, 2.05) is 0 Å². The van der Waals surface area contributed by atoms with Gasteiger partial charge in [-0.2, -0.15) is 0 Å². The Morgan fingerprint density at radius 3 is 1.10 bits per heavy atom. The first-order valence-corrected chi connectivity index (χ1v) is 12.0. The summed E-state index contributed by atoms with van der Waals surface area (Å²) in [5.41, 5.74) is 1.07. The molecule has 0 aliphatic rings. The lowest BCUT2D eigenvalue weighted by molar-refractivity contribution is 0.308. The van der Waals surface area contributed by atoms with Crippen molar-refractivity contribution >= 4 is 25.9 Å². The van der Waals surface area contributed by atoms with Gasteiger partial charge in [0.15, 0.2) is 9.95 Å². The number of ether oxygens (including phenoxy) is 2. The first kappa shape index (κ1) is 38.5. The van der Waals surface area contributed by atoms with Crippen molar-refractivity contribution in [3.8, 4) is 11.5 Å². The summed E-state index contributed by atoms with van der Waals surface area (Å²) >= 11 is 0. The first-order chi connectivity index (χ1) is 18.7. The van der Waals surface area contributed by atoms with Crippen LogP contribution in [0.5, 0.6) is 11.5 Å². The predicted octanol–water partition coefficient (Wildman–Crippen LogP) is 7.70. The van der Waals surface area contributed by atoms with Crippen molar-refractivity contribution in [1.82, 2.24) is 10.6 Å². The van der Waals surface area contributed by atoms with Crippen LogP contribution in [0.25, 0.3) is 9.95 Å². The van der Waals surface area contributed by atoms with Crippen molar-refractivity contribution in [2.45, 2.75) is 26.7 Å². The van der Waals surface area contributed by atoms with Gasteiger partial charge in [0.2, 0.25) is 10.8 Å². The number of hydrogen-bond donors (Lipinski definition) is 2. The Bertz CT molecular complexity index is 879. The highest BCUT2D eigenvalue weighted by Crippen LogP contribution is 2.18. The zero-order valence-electron chi connectivity index (χ0n) is 22.1. The molecule has 0 spiro atoms. The molecule has 0 fully saturated rings. The van der Waals surface area contributed by atoms with Gasteiger partial charge in [0.1, 0.15) is 11.5 Å². The van der Waals surface area contributed by atoms with E-state index >= 15 is 0 Å². The zero-order chi connectivity index (χ0) is 30.9. The van der Waals surface area contributed by atoms with Crippen molar-refractivity contribution in [2.24, 2.45) is 0 Å². The summed E-state index contributed by atoms with van der Waals surface area (Å²) in [5.74, 6) is 1.61. The van der Waals surface area contributed by atoms with Crippen LogP contribution in [0.15, 0.2) is 48.5 Å². The summed E-state index contributed by atoms with van der Waals surface area (Å²) in [4.78, 5) is 6.13. The number of nitrogens with zero attached hydrogens (tertiary/aromatic N) is 4. The first-order valence-electron chi connectivity index (χ1n) is 12.0. The maximum absolute atomic E-state index is 9.75. The molecule has 0 aliphatic heterocycles. The summed E-state index contributed by atoms with van der Waals surface area (Å²) in [6.45, 7) is 9.49. The molecule has 2 rings (SSSR count). The smallest absolute Gasteiger partial charge is 0.494 e. The van der Waals surface area contributed by atoms with Crippen LogP contribution in [-0.2, 0) is 0 Å². The zero-order valence-corrected chi connectivity index (χ0v) is 22.1. The van der Waals surface area contributed by atoms with Gasteiger partial charge in [0.05, 0.1) is 13.2 Å². The lowest BCUT2D eigenvalue weighted by atomic mass is 10.3. The van der Waals surface area contributed by atoms with Crippen LogP contribution >= 0.6 is 0 Å². The van der Waals surface area contributed by atoms with E-state index in [0.29, 0.717) is 24.6 Å². The fourth-order valence-corrected chi connectivity index (χ4v) is 2.35. The second kappa shape index (κ2) is 23.3. The molecule has 0 heterocycles. The average Bonchev–Trinajstić information content (AvgIpc) is 2.88. The maximum atomic E-state index is 9.75. The Labute approximate surface area is 227 Å². The average molecular weight is 586 g/mol. The van der Waals surface area contributed by atoms with Crippen LogP contribution in [0, 0.1) is 10.8 Å². The van der Waals surface area contributed by atoms with E-state index in [1.54, 1.807) is 48.5 Å². The third-order valence-corrected chi connectivity index (χ3v) is 3.94. The molecule has 0 aliphatic carbocycles. The Morgan fingerprint density at radius 1 is 0.600 bits per heavy atom. The number of halogens is 8. The minimum absolute atomic E-state index is 0.537. The fourth-order valence-electron chi connectivity index (χ4n) is 2.35. The summed E-state index contributed by atoms with van der Waals surface area (Å²) in [7, 11) is -12.0. The van der Waals surface area contributed by atoms with Gasteiger partial charge in [-0.3, -0.25) is 0 Å². The van der Waals surface area contributed by atoms with E-state index < -0.39 is 14.5 Å². The molecule has 0 saturated heterocycles. The number of rotatable bonds is 12. The molecule has 0 aromatic heterocycles. The summed E-state index contributed by atoms with van der Waals surface area (Å²) in [6.07, 6.45) is 1.97. The van der Waals surface area contributed by atoms with E-state index in [9.17, 15) is 34.5 Å². The van der Waals surface area contributed by atoms with E-state index in [1.165, 1.54) is 0 Å². The largest absolute Gasteiger partial charge is 0.673 e. The SMILES string of the molecule is CCNCCCOc1ccc([N+]#N)cc1.CCNCCCOc1ccc([N+]#N)cc1.F[B-](F)(F)F.F[B-](F)(F)F. The summed E-state index contributed by atoms with van der Waals surface area (Å²) in [5, 5.41) is 23.4. The molecular weight excluding hydrogens is 554 g/mol. The fraction of sp³-hybridized carbons (Fsp3) is 0.455. The van der Waals surface area contributed by atoms with Gasteiger partial charge in [-0.15, -0.1) is 0 Å². The van der Waals surface area contributed by atoms with Crippen LogP contribution < -0.4 is 20.1 Å². The quantitative estimate of drug-likeness (QED) is 0.115. The number of nitrogens with one attached hydrogen (secondary N) is 2. The van der Waals surface area contributed by atoms with Gasteiger partial charge in [-0.1, -0.05) is 13.8 Å². The molecule has 0 atom stereocenters. The van der Waals surface area contributed by atoms with Crippen LogP contribution in [0.4, 0.5) is 45.9 Å². The monoisotopic (exact) mass is 586 g/mol. The third-order valence-electron chi connectivity index (χ3n) is 3.94. The lowest BCUT2D eigenvalue weighted by Crippen LogP contribution is -2.16.